The van der Waals surface area contributed by atoms with E-state index in [0.29, 0.717) is 41.4 Å². The van der Waals surface area contributed by atoms with Crippen LogP contribution in [0.15, 0.2) is 72.8 Å². The van der Waals surface area contributed by atoms with Crippen molar-refractivity contribution in [1.29, 1.82) is 0 Å². The van der Waals surface area contributed by atoms with E-state index in [4.69, 9.17) is 20.2 Å². The van der Waals surface area contributed by atoms with Gasteiger partial charge >= 0.3 is 12.3 Å². The topological polar surface area (TPSA) is 197 Å². The van der Waals surface area contributed by atoms with Crippen LogP contribution in [0.3, 0.4) is 0 Å². The highest BCUT2D eigenvalue weighted by molar-refractivity contribution is 7.92. The van der Waals surface area contributed by atoms with Gasteiger partial charge in [0.05, 0.1) is 46.3 Å². The first kappa shape index (κ1) is 43.0. The van der Waals surface area contributed by atoms with Crippen molar-refractivity contribution in [2.45, 2.75) is 45.8 Å². The Morgan fingerprint density at radius 2 is 1.74 bits per heavy atom. The zero-order chi connectivity index (χ0) is 42.2. The number of nitrogens with zero attached hydrogens (tertiary/aromatic N) is 4. The summed E-state index contributed by atoms with van der Waals surface area (Å²) in [6, 6.07) is 17.8. The molecular formula is C39H43F3N6O9S. The number of pyridine rings is 1. The smallest absolute Gasteiger partial charge is 0.417 e. The lowest BCUT2D eigenvalue weighted by atomic mass is 10.00. The molecule has 4 aromatic rings. The third kappa shape index (κ3) is 10.2. The predicted octanol–water partition coefficient (Wildman–Crippen LogP) is 6.64. The third-order valence-corrected chi connectivity index (χ3v) is 10.6. The van der Waals surface area contributed by atoms with Gasteiger partial charge in [-0.2, -0.15) is 13.2 Å². The van der Waals surface area contributed by atoms with E-state index in [1.54, 1.807) is 37.3 Å². The van der Waals surface area contributed by atoms with Gasteiger partial charge in [0, 0.05) is 43.2 Å². The number of carbonyl (C=O) groups is 2. The summed E-state index contributed by atoms with van der Waals surface area (Å²) in [5, 5.41) is 12.6. The fourth-order valence-electron chi connectivity index (χ4n) is 6.76. The minimum Gasteiger partial charge on any atom is -0.494 e. The monoisotopic (exact) mass is 828 g/mol. The number of benzene rings is 3. The van der Waals surface area contributed by atoms with Crippen LogP contribution in [0.25, 0.3) is 11.3 Å². The Morgan fingerprint density at radius 3 is 2.41 bits per heavy atom. The molecule has 0 aliphatic carbocycles. The average molecular weight is 829 g/mol. The summed E-state index contributed by atoms with van der Waals surface area (Å²) in [6.07, 6.45) is -5.69. The number of nitro benzene ring substituents is 1. The maximum absolute atomic E-state index is 14.2. The molecule has 19 heteroatoms. The summed E-state index contributed by atoms with van der Waals surface area (Å²) in [7, 11) is -4.24. The highest BCUT2D eigenvalue weighted by Crippen LogP contribution is 2.38. The van der Waals surface area contributed by atoms with Gasteiger partial charge in [0.15, 0.2) is 0 Å². The molecule has 2 amide bonds. The number of sulfonamides is 1. The number of nitrogens with two attached hydrogens (primary N) is 1. The summed E-state index contributed by atoms with van der Waals surface area (Å²) < 4.78 is 86.1. The molecule has 5 rings (SSSR count). The predicted molar refractivity (Wildman–Crippen MR) is 210 cm³/mol. The first-order chi connectivity index (χ1) is 27.6. The van der Waals surface area contributed by atoms with E-state index >= 15 is 0 Å². The summed E-state index contributed by atoms with van der Waals surface area (Å²) in [5.41, 5.74) is 4.62. The van der Waals surface area contributed by atoms with Crippen LogP contribution in [0, 0.1) is 10.1 Å². The first-order valence-electron chi connectivity index (χ1n) is 18.4. The van der Waals surface area contributed by atoms with Crippen LogP contribution in [0.4, 0.5) is 35.0 Å². The molecule has 15 nitrogen and oxygen atoms in total. The van der Waals surface area contributed by atoms with E-state index in [1.165, 1.54) is 29.2 Å². The van der Waals surface area contributed by atoms with Crippen LogP contribution >= 0.6 is 0 Å². The Balaban J connectivity index is 1.54. The number of anilines is 2. The lowest BCUT2D eigenvalue weighted by molar-refractivity contribution is -0.384. The van der Waals surface area contributed by atoms with Crippen molar-refractivity contribution in [2.75, 3.05) is 54.8 Å². The second kappa shape index (κ2) is 18.4. The number of nitrogens with one attached hydrogen (secondary N) is 1. The SMILES string of the molecule is CCOc1ccc(C(=O)N2CCN(c3ccc(-c4ccccc4OCC)nc3Cc3cccc(NS(=O)(=O)CCOC(N)=O)c3[N+](=O)[O-])[C@H](CC)C2)c(C(F)(F)F)c1. The average Bonchev–Trinajstić information content (AvgIpc) is 3.17. The molecule has 1 aliphatic rings. The van der Waals surface area contributed by atoms with E-state index in [-0.39, 0.29) is 49.7 Å². The van der Waals surface area contributed by atoms with Crippen LogP contribution in [0.5, 0.6) is 11.5 Å². The minimum absolute atomic E-state index is 0.00651. The third-order valence-electron chi connectivity index (χ3n) is 9.32. The van der Waals surface area contributed by atoms with Crippen molar-refractivity contribution >= 4 is 39.1 Å². The number of ether oxygens (including phenoxy) is 3. The number of hydrogen-bond acceptors (Lipinski definition) is 11. The summed E-state index contributed by atoms with van der Waals surface area (Å²) in [6.45, 7) is 5.57. The number of alkyl halides is 3. The number of amides is 2. The lowest BCUT2D eigenvalue weighted by Crippen LogP contribution is -2.55. The standard InChI is InChI=1S/C39H43F3N6O9S/c1-4-26-24-46(37(49)28-15-14-27(55-5-2)23-30(28)39(40,41)42)18-19-47(26)34-17-16-31(29-11-7-8-13-35(29)56-6-3)44-33(34)22-25-10-9-12-32(36(25)48(51)52)45-58(53,54)21-20-57-38(43)50/h7-17,23,26,45H,4-6,18-22,24H2,1-3H3,(H2,43,50)/t26-/m1/s1. The molecule has 1 fully saturated rings. The Morgan fingerprint density at radius 1 is 1.00 bits per heavy atom. The molecule has 0 bridgehead atoms. The molecule has 0 unspecified atom stereocenters. The van der Waals surface area contributed by atoms with Crippen molar-refractivity contribution < 1.29 is 50.3 Å². The van der Waals surface area contributed by atoms with E-state index in [1.807, 2.05) is 24.8 Å². The maximum atomic E-state index is 14.2. The van der Waals surface area contributed by atoms with Crippen molar-refractivity contribution in [3.8, 4) is 22.8 Å². The molecule has 3 aromatic carbocycles. The molecule has 1 aliphatic heterocycles. The molecule has 2 heterocycles. The van der Waals surface area contributed by atoms with Crippen LogP contribution in [-0.4, -0.2) is 86.5 Å². The molecule has 1 atom stereocenters. The fraction of sp³-hybridized carbons (Fsp3) is 0.359. The minimum atomic E-state index is -4.81. The van der Waals surface area contributed by atoms with Crippen molar-refractivity contribution in [3.05, 3.63) is 105 Å². The number of rotatable bonds is 16. The van der Waals surface area contributed by atoms with Gasteiger partial charge in [0.1, 0.15) is 29.5 Å². The second-order valence-electron chi connectivity index (χ2n) is 13.1. The molecule has 310 valence electrons. The summed E-state index contributed by atoms with van der Waals surface area (Å²) in [5.74, 6) is -0.962. The van der Waals surface area contributed by atoms with Crippen LogP contribution < -0.4 is 24.8 Å². The van der Waals surface area contributed by atoms with Crippen molar-refractivity contribution in [3.63, 3.8) is 0 Å². The zero-order valence-corrected chi connectivity index (χ0v) is 32.8. The van der Waals surface area contributed by atoms with E-state index in [2.05, 4.69) is 9.46 Å². The quantitative estimate of drug-likeness (QED) is 0.0907. The molecule has 1 saturated heterocycles. The summed E-state index contributed by atoms with van der Waals surface area (Å²) >= 11 is 0. The van der Waals surface area contributed by atoms with Gasteiger partial charge in [0.25, 0.3) is 11.6 Å². The molecule has 0 radical (unpaired) electrons. The van der Waals surface area contributed by atoms with Crippen LogP contribution in [-0.2, 0) is 27.4 Å². The van der Waals surface area contributed by atoms with Gasteiger partial charge in [0.2, 0.25) is 10.0 Å². The number of carbonyl (C=O) groups excluding carboxylic acids is 2. The molecule has 3 N–H and O–H groups in total. The normalized spacial score (nSPS) is 14.5. The van der Waals surface area contributed by atoms with Crippen molar-refractivity contribution in [2.24, 2.45) is 5.73 Å². The second-order valence-corrected chi connectivity index (χ2v) is 14.9. The summed E-state index contributed by atoms with van der Waals surface area (Å²) in [4.78, 5) is 44.9. The number of piperazine rings is 1. The number of nitro groups is 1. The number of aromatic nitrogens is 1. The molecule has 58 heavy (non-hydrogen) atoms. The largest absolute Gasteiger partial charge is 0.494 e. The van der Waals surface area contributed by atoms with E-state index in [9.17, 15) is 41.3 Å². The van der Waals surface area contributed by atoms with Crippen LogP contribution in [0.2, 0.25) is 0 Å². The number of para-hydroxylation sites is 2. The van der Waals surface area contributed by atoms with Gasteiger partial charge in [-0.3, -0.25) is 24.6 Å². The molecule has 0 spiro atoms. The number of hydrogen-bond donors (Lipinski definition) is 2. The van der Waals surface area contributed by atoms with Crippen molar-refractivity contribution in [1.82, 2.24) is 9.88 Å². The first-order valence-corrected chi connectivity index (χ1v) is 20.0. The molecule has 1 aromatic heterocycles. The van der Waals surface area contributed by atoms with Crippen LogP contribution in [0.1, 0.15) is 54.4 Å². The van der Waals surface area contributed by atoms with Gasteiger partial charge < -0.3 is 29.7 Å². The number of halogens is 3. The number of primary amides is 1. The fourth-order valence-corrected chi connectivity index (χ4v) is 7.66. The Kier molecular flexibility index (Phi) is 13.7. The lowest BCUT2D eigenvalue weighted by Gasteiger charge is -2.43. The zero-order valence-electron chi connectivity index (χ0n) is 32.0. The Labute approximate surface area is 333 Å². The Bertz CT molecular complexity index is 2260. The highest BCUT2D eigenvalue weighted by Gasteiger charge is 2.39. The molecule has 0 saturated carbocycles. The van der Waals surface area contributed by atoms with Gasteiger partial charge in [-0.05, 0) is 68.8 Å². The maximum Gasteiger partial charge on any atom is 0.417 e. The van der Waals surface area contributed by atoms with E-state index in [0.717, 1.165) is 12.1 Å². The molecular weight excluding hydrogens is 786 g/mol. The highest BCUT2D eigenvalue weighted by atomic mass is 32.2. The van der Waals surface area contributed by atoms with Gasteiger partial charge in [-0.15, -0.1) is 0 Å². The Hall–Kier alpha value is -6.11. The van der Waals surface area contributed by atoms with Gasteiger partial charge in [-0.25, -0.2) is 13.2 Å². The van der Waals surface area contributed by atoms with E-state index < -0.39 is 68.3 Å². The van der Waals surface area contributed by atoms with Gasteiger partial charge in [-0.1, -0.05) is 31.2 Å².